The van der Waals surface area contributed by atoms with E-state index in [-0.39, 0.29) is 17.2 Å². The van der Waals surface area contributed by atoms with Gasteiger partial charge in [-0.1, -0.05) is 13.8 Å². The molecule has 0 saturated carbocycles. The van der Waals surface area contributed by atoms with E-state index >= 15 is 0 Å². The Bertz CT molecular complexity index is 792. The maximum Gasteiger partial charge on any atom is 0.338 e. The summed E-state index contributed by atoms with van der Waals surface area (Å²) in [5, 5.41) is 0. The molecule has 150 valence electrons. The van der Waals surface area contributed by atoms with Crippen LogP contribution in [0.25, 0.3) is 0 Å². The smallest absolute Gasteiger partial charge is 0.338 e. The highest BCUT2D eigenvalue weighted by Crippen LogP contribution is 2.43. The zero-order chi connectivity index (χ0) is 20.3. The van der Waals surface area contributed by atoms with Crippen LogP contribution in [-0.2, 0) is 19.1 Å². The molecule has 0 N–H and O–H groups in total. The molecule has 0 spiro atoms. The summed E-state index contributed by atoms with van der Waals surface area (Å²) in [4.78, 5) is 37.3. The highest BCUT2D eigenvalue weighted by molar-refractivity contribution is 6.30. The molecule has 6 heteroatoms. The van der Waals surface area contributed by atoms with Crippen LogP contribution in [0, 0.1) is 5.41 Å². The first-order valence-corrected chi connectivity index (χ1v) is 9.87. The summed E-state index contributed by atoms with van der Waals surface area (Å²) in [7, 11) is 0. The Morgan fingerprint density at radius 3 is 2.46 bits per heavy atom. The minimum atomic E-state index is -0.401. The highest BCUT2D eigenvalue weighted by atomic mass is 16.5. The Morgan fingerprint density at radius 1 is 1.25 bits per heavy atom. The summed E-state index contributed by atoms with van der Waals surface area (Å²) in [6.45, 7) is 7.09. The van der Waals surface area contributed by atoms with Crippen LogP contribution < -0.4 is 4.90 Å². The molecular formula is C22H27NO5. The van der Waals surface area contributed by atoms with Gasteiger partial charge in [0.25, 0.3) is 11.8 Å². The number of carbonyl (C=O) groups is 3. The number of nitrogens with zero attached hydrogens (tertiary/aromatic N) is 1. The molecule has 1 aromatic rings. The van der Waals surface area contributed by atoms with Crippen LogP contribution >= 0.6 is 0 Å². The molecule has 6 nitrogen and oxygen atoms in total. The maximum absolute atomic E-state index is 12.3. The fraction of sp³-hybridized carbons (Fsp3) is 0.500. The minimum Gasteiger partial charge on any atom is -0.462 e. The van der Waals surface area contributed by atoms with Gasteiger partial charge in [-0.3, -0.25) is 9.59 Å². The summed E-state index contributed by atoms with van der Waals surface area (Å²) in [5.74, 6) is -1.11. The maximum atomic E-state index is 12.3. The average molecular weight is 385 g/mol. The van der Waals surface area contributed by atoms with E-state index in [4.69, 9.17) is 9.47 Å². The second-order valence-corrected chi connectivity index (χ2v) is 7.52. The first kappa shape index (κ1) is 20.3. The number of carbonyl (C=O) groups excluding carboxylic acids is 3. The number of anilines is 1. The monoisotopic (exact) mass is 385 g/mol. The fourth-order valence-electron chi connectivity index (χ4n) is 3.98. The van der Waals surface area contributed by atoms with Crippen LogP contribution in [0.4, 0.5) is 5.69 Å². The van der Waals surface area contributed by atoms with Crippen LogP contribution in [0.2, 0.25) is 0 Å². The van der Waals surface area contributed by atoms with Crippen molar-refractivity contribution in [2.24, 2.45) is 5.41 Å². The van der Waals surface area contributed by atoms with Crippen molar-refractivity contribution in [3.8, 4) is 0 Å². The zero-order valence-corrected chi connectivity index (χ0v) is 16.7. The van der Waals surface area contributed by atoms with Crippen molar-refractivity contribution in [3.05, 3.63) is 41.5 Å². The third-order valence-corrected chi connectivity index (χ3v) is 5.84. The van der Waals surface area contributed by atoms with Crippen LogP contribution in [-0.4, -0.2) is 37.1 Å². The van der Waals surface area contributed by atoms with Gasteiger partial charge in [0.1, 0.15) is 0 Å². The van der Waals surface area contributed by atoms with Crippen LogP contribution in [0.5, 0.6) is 0 Å². The van der Waals surface area contributed by atoms with Gasteiger partial charge in [0.2, 0.25) is 0 Å². The number of imide groups is 1. The van der Waals surface area contributed by atoms with E-state index in [1.807, 2.05) is 0 Å². The van der Waals surface area contributed by atoms with Crippen molar-refractivity contribution in [2.45, 2.75) is 52.6 Å². The first-order valence-electron chi connectivity index (χ1n) is 9.87. The van der Waals surface area contributed by atoms with Crippen LogP contribution in [0.15, 0.2) is 35.9 Å². The van der Waals surface area contributed by atoms with E-state index in [0.29, 0.717) is 29.5 Å². The molecule has 0 radical (unpaired) electrons. The van der Waals surface area contributed by atoms with Gasteiger partial charge in [-0.05, 0) is 56.9 Å². The lowest BCUT2D eigenvalue weighted by atomic mass is 9.71. The van der Waals surface area contributed by atoms with Crippen molar-refractivity contribution < 1.29 is 23.9 Å². The van der Waals surface area contributed by atoms with Crippen LogP contribution in [0.1, 0.15) is 56.8 Å². The Morgan fingerprint density at radius 2 is 1.96 bits per heavy atom. The number of esters is 1. The van der Waals surface area contributed by atoms with Gasteiger partial charge < -0.3 is 9.47 Å². The quantitative estimate of drug-likeness (QED) is 0.388. The number of ether oxygens (including phenoxy) is 2. The van der Waals surface area contributed by atoms with Crippen molar-refractivity contribution in [1.29, 1.82) is 0 Å². The summed E-state index contributed by atoms with van der Waals surface area (Å²) in [6, 6.07) is 6.32. The second-order valence-electron chi connectivity index (χ2n) is 7.52. The predicted molar refractivity (Wildman–Crippen MR) is 105 cm³/mol. The molecule has 1 saturated heterocycles. The molecule has 2 amide bonds. The van der Waals surface area contributed by atoms with Gasteiger partial charge in [-0.25, -0.2) is 9.69 Å². The van der Waals surface area contributed by atoms with Crippen molar-refractivity contribution in [1.82, 2.24) is 0 Å². The first-order chi connectivity index (χ1) is 13.4. The number of hydrogen-bond donors (Lipinski definition) is 0. The molecule has 2 unspecified atom stereocenters. The zero-order valence-electron chi connectivity index (χ0n) is 16.7. The number of hydrogen-bond acceptors (Lipinski definition) is 5. The molecule has 0 bridgehead atoms. The van der Waals surface area contributed by atoms with Crippen molar-refractivity contribution in [2.75, 3.05) is 18.1 Å². The third kappa shape index (κ3) is 3.74. The molecule has 1 aromatic carbocycles. The Labute approximate surface area is 165 Å². The molecule has 0 aliphatic carbocycles. The molecule has 3 rings (SSSR count). The molecule has 2 aliphatic rings. The SMILES string of the molecule is CCC1OCC1(CC)CCCOC(=O)c1ccc(N2C(=O)C=C(C)C2=O)cc1. The van der Waals surface area contributed by atoms with E-state index < -0.39 is 5.97 Å². The minimum absolute atomic E-state index is 0.226. The normalized spacial score (nSPS) is 24.2. The van der Waals surface area contributed by atoms with E-state index in [9.17, 15) is 14.4 Å². The van der Waals surface area contributed by atoms with E-state index in [1.165, 1.54) is 6.08 Å². The summed E-state index contributed by atoms with van der Waals surface area (Å²) in [6.07, 6.45) is 5.50. The highest BCUT2D eigenvalue weighted by Gasteiger charge is 2.45. The molecule has 2 heterocycles. The summed E-state index contributed by atoms with van der Waals surface area (Å²) >= 11 is 0. The van der Waals surface area contributed by atoms with Crippen molar-refractivity contribution >= 4 is 23.5 Å². The molecular weight excluding hydrogens is 358 g/mol. The van der Waals surface area contributed by atoms with Gasteiger partial charge in [0, 0.05) is 17.1 Å². The molecule has 0 aromatic heterocycles. The van der Waals surface area contributed by atoms with Gasteiger partial charge in [-0.15, -0.1) is 0 Å². The van der Waals surface area contributed by atoms with E-state index in [0.717, 1.165) is 37.2 Å². The van der Waals surface area contributed by atoms with Crippen molar-refractivity contribution in [3.63, 3.8) is 0 Å². The fourth-order valence-corrected chi connectivity index (χ4v) is 3.98. The van der Waals surface area contributed by atoms with Gasteiger partial charge in [0.05, 0.1) is 30.6 Å². The molecule has 1 fully saturated rings. The number of amides is 2. The molecule has 2 aliphatic heterocycles. The Kier molecular flexibility index (Phi) is 5.98. The average Bonchev–Trinajstić information content (AvgIpc) is 2.93. The Hall–Kier alpha value is -2.47. The molecule has 28 heavy (non-hydrogen) atoms. The van der Waals surface area contributed by atoms with Crippen LogP contribution in [0.3, 0.4) is 0 Å². The summed E-state index contributed by atoms with van der Waals surface area (Å²) in [5.41, 5.74) is 1.47. The molecule has 2 atom stereocenters. The lowest BCUT2D eigenvalue weighted by molar-refractivity contribution is -0.194. The predicted octanol–water partition coefficient (Wildman–Crippen LogP) is 3.65. The van der Waals surface area contributed by atoms with Gasteiger partial charge >= 0.3 is 5.97 Å². The number of rotatable bonds is 8. The number of benzene rings is 1. The Balaban J connectivity index is 1.50. The second kappa shape index (κ2) is 8.27. The topological polar surface area (TPSA) is 72.9 Å². The summed E-state index contributed by atoms with van der Waals surface area (Å²) < 4.78 is 11.0. The lowest BCUT2D eigenvalue weighted by Gasteiger charge is -2.49. The lowest BCUT2D eigenvalue weighted by Crippen LogP contribution is -2.51. The van der Waals surface area contributed by atoms with E-state index in [1.54, 1.807) is 31.2 Å². The van der Waals surface area contributed by atoms with Gasteiger partial charge in [-0.2, -0.15) is 0 Å². The largest absolute Gasteiger partial charge is 0.462 e. The standard InChI is InChI=1S/C22H27NO5/c1-4-18-22(5-2,14-28-18)11-6-12-27-21(26)16-7-9-17(10-8-16)23-19(24)13-15(3)20(23)25/h7-10,13,18H,4-6,11-12,14H2,1-3H3. The van der Waals surface area contributed by atoms with Gasteiger partial charge in [0.15, 0.2) is 0 Å². The van der Waals surface area contributed by atoms with E-state index in [2.05, 4.69) is 13.8 Å². The third-order valence-electron chi connectivity index (χ3n) is 5.84.